The molecule has 0 saturated carbocycles. The summed E-state index contributed by atoms with van der Waals surface area (Å²) in [6, 6.07) is 0. The second-order valence-electron chi connectivity index (χ2n) is 3.60. The summed E-state index contributed by atoms with van der Waals surface area (Å²) in [7, 11) is 0. The second-order valence-corrected chi connectivity index (χ2v) is 5.05. The highest BCUT2D eigenvalue weighted by molar-refractivity contribution is 9.09. The predicted molar refractivity (Wildman–Crippen MR) is 57.8 cm³/mol. The molecule has 0 bridgehead atoms. The molecule has 0 N–H and O–H groups in total. The zero-order valence-electron chi connectivity index (χ0n) is 7.80. The van der Waals surface area contributed by atoms with Crippen LogP contribution in [0.2, 0.25) is 0 Å². The summed E-state index contributed by atoms with van der Waals surface area (Å²) in [6.07, 6.45) is 4.67. The van der Waals surface area contributed by atoms with Gasteiger partial charge in [-0.25, -0.2) is 0 Å². The molecule has 1 heterocycles. The number of halogens is 1. The molecule has 2 heteroatoms. The fourth-order valence-corrected chi connectivity index (χ4v) is 2.31. The van der Waals surface area contributed by atoms with E-state index < -0.39 is 0 Å². The molecule has 0 radical (unpaired) electrons. The lowest BCUT2D eigenvalue weighted by atomic mass is 9.94. The molecule has 1 rings (SSSR count). The zero-order chi connectivity index (χ0) is 8.97. The van der Waals surface area contributed by atoms with Crippen LogP contribution < -0.4 is 0 Å². The first-order valence-electron chi connectivity index (χ1n) is 4.71. The molecule has 1 saturated heterocycles. The number of piperidine rings is 1. The Morgan fingerprint density at radius 3 is 2.58 bits per heavy atom. The predicted octanol–water partition coefficient (Wildman–Crippen LogP) is 2.67. The summed E-state index contributed by atoms with van der Waals surface area (Å²) >= 11 is 3.66. The lowest BCUT2D eigenvalue weighted by molar-refractivity contribution is 0.202. The van der Waals surface area contributed by atoms with Crippen molar-refractivity contribution < 1.29 is 0 Å². The van der Waals surface area contributed by atoms with E-state index in [0.717, 1.165) is 12.5 Å². The summed E-state index contributed by atoms with van der Waals surface area (Å²) in [6.45, 7) is 9.56. The first kappa shape index (κ1) is 10.3. The third kappa shape index (κ3) is 2.91. The molecule has 0 amide bonds. The number of likely N-dealkylation sites (tertiary alicyclic amines) is 1. The van der Waals surface area contributed by atoms with Gasteiger partial charge < -0.3 is 0 Å². The average Bonchev–Trinajstić information content (AvgIpc) is 2.06. The summed E-state index contributed by atoms with van der Waals surface area (Å²) in [5, 5.41) is 0. The molecule has 1 unspecified atom stereocenters. The minimum atomic E-state index is 0.684. The SMILES string of the molecule is C=CCN1CCC(C(C)Br)CC1. The maximum Gasteiger partial charge on any atom is 0.0160 e. The van der Waals surface area contributed by atoms with Gasteiger partial charge in [0, 0.05) is 11.4 Å². The van der Waals surface area contributed by atoms with Crippen LogP contribution in [0.4, 0.5) is 0 Å². The van der Waals surface area contributed by atoms with E-state index in [-0.39, 0.29) is 0 Å². The first-order chi connectivity index (χ1) is 5.74. The van der Waals surface area contributed by atoms with Gasteiger partial charge in [-0.15, -0.1) is 6.58 Å². The molecule has 1 atom stereocenters. The Morgan fingerprint density at radius 2 is 2.17 bits per heavy atom. The van der Waals surface area contributed by atoms with Crippen molar-refractivity contribution in [1.29, 1.82) is 0 Å². The Labute approximate surface area is 84.0 Å². The summed E-state index contributed by atoms with van der Waals surface area (Å²) in [5.41, 5.74) is 0. The molecule has 1 fully saturated rings. The maximum atomic E-state index is 3.76. The van der Waals surface area contributed by atoms with E-state index in [1.165, 1.54) is 25.9 Å². The molecule has 0 aromatic rings. The van der Waals surface area contributed by atoms with Crippen LogP contribution in [0.25, 0.3) is 0 Å². The van der Waals surface area contributed by atoms with E-state index in [2.05, 4.69) is 34.3 Å². The molecule has 0 aromatic heterocycles. The van der Waals surface area contributed by atoms with Crippen LogP contribution in [0.5, 0.6) is 0 Å². The molecule has 1 aliphatic heterocycles. The summed E-state index contributed by atoms with van der Waals surface area (Å²) < 4.78 is 0. The molecule has 70 valence electrons. The largest absolute Gasteiger partial charge is 0.300 e. The summed E-state index contributed by atoms with van der Waals surface area (Å²) in [4.78, 5) is 3.15. The molecule has 0 aromatic carbocycles. The molecule has 0 aliphatic carbocycles. The fraction of sp³-hybridized carbons (Fsp3) is 0.800. The quantitative estimate of drug-likeness (QED) is 0.534. The van der Waals surface area contributed by atoms with Gasteiger partial charge in [0.25, 0.3) is 0 Å². The topological polar surface area (TPSA) is 3.24 Å². The second kappa shape index (κ2) is 5.03. The van der Waals surface area contributed by atoms with E-state index >= 15 is 0 Å². The summed E-state index contributed by atoms with van der Waals surface area (Å²) in [5.74, 6) is 0.881. The van der Waals surface area contributed by atoms with Gasteiger partial charge in [0.05, 0.1) is 0 Å². The van der Waals surface area contributed by atoms with Gasteiger partial charge in [-0.1, -0.05) is 28.9 Å². The third-order valence-electron chi connectivity index (χ3n) is 2.67. The monoisotopic (exact) mass is 231 g/mol. The van der Waals surface area contributed by atoms with Crippen molar-refractivity contribution >= 4 is 15.9 Å². The van der Waals surface area contributed by atoms with Crippen molar-refractivity contribution in [1.82, 2.24) is 4.90 Å². The third-order valence-corrected chi connectivity index (χ3v) is 3.42. The van der Waals surface area contributed by atoms with Gasteiger partial charge >= 0.3 is 0 Å². The molecular weight excluding hydrogens is 214 g/mol. The van der Waals surface area contributed by atoms with E-state index in [4.69, 9.17) is 0 Å². The minimum Gasteiger partial charge on any atom is -0.300 e. The number of rotatable bonds is 3. The van der Waals surface area contributed by atoms with Crippen molar-refractivity contribution in [2.75, 3.05) is 19.6 Å². The molecular formula is C10H18BrN. The molecule has 12 heavy (non-hydrogen) atoms. The van der Waals surface area contributed by atoms with Gasteiger partial charge in [0.1, 0.15) is 0 Å². The van der Waals surface area contributed by atoms with Gasteiger partial charge in [0.2, 0.25) is 0 Å². The molecule has 1 nitrogen and oxygen atoms in total. The standard InChI is InChI=1S/C10H18BrN/c1-3-6-12-7-4-10(5-8-12)9(2)11/h3,9-10H,1,4-8H2,2H3. The maximum absolute atomic E-state index is 3.76. The lowest BCUT2D eigenvalue weighted by Gasteiger charge is -2.32. The van der Waals surface area contributed by atoms with Crippen LogP contribution in [0, 0.1) is 5.92 Å². The van der Waals surface area contributed by atoms with Crippen molar-refractivity contribution in [2.24, 2.45) is 5.92 Å². The van der Waals surface area contributed by atoms with Gasteiger partial charge in [-0.2, -0.15) is 0 Å². The number of nitrogens with zero attached hydrogens (tertiary/aromatic N) is 1. The van der Waals surface area contributed by atoms with Crippen LogP contribution in [0.3, 0.4) is 0 Å². The van der Waals surface area contributed by atoms with Crippen molar-refractivity contribution in [3.63, 3.8) is 0 Å². The van der Waals surface area contributed by atoms with Crippen LogP contribution in [0.15, 0.2) is 12.7 Å². The number of hydrogen-bond acceptors (Lipinski definition) is 1. The highest BCUT2D eigenvalue weighted by atomic mass is 79.9. The Balaban J connectivity index is 2.24. The fourth-order valence-electron chi connectivity index (χ4n) is 1.78. The van der Waals surface area contributed by atoms with E-state index in [1.807, 2.05) is 6.08 Å². The van der Waals surface area contributed by atoms with Crippen molar-refractivity contribution in [3.05, 3.63) is 12.7 Å². The van der Waals surface area contributed by atoms with E-state index in [9.17, 15) is 0 Å². The smallest absolute Gasteiger partial charge is 0.0160 e. The lowest BCUT2D eigenvalue weighted by Crippen LogP contribution is -2.35. The highest BCUT2D eigenvalue weighted by Crippen LogP contribution is 2.24. The van der Waals surface area contributed by atoms with Crippen molar-refractivity contribution in [2.45, 2.75) is 24.6 Å². The van der Waals surface area contributed by atoms with E-state index in [0.29, 0.717) is 4.83 Å². The van der Waals surface area contributed by atoms with Gasteiger partial charge in [0.15, 0.2) is 0 Å². The Morgan fingerprint density at radius 1 is 1.58 bits per heavy atom. The molecule has 0 spiro atoms. The zero-order valence-corrected chi connectivity index (χ0v) is 9.39. The van der Waals surface area contributed by atoms with Crippen LogP contribution in [0.1, 0.15) is 19.8 Å². The Hall–Kier alpha value is 0.180. The highest BCUT2D eigenvalue weighted by Gasteiger charge is 2.21. The average molecular weight is 232 g/mol. The van der Waals surface area contributed by atoms with Gasteiger partial charge in [-0.05, 0) is 31.8 Å². The minimum absolute atomic E-state index is 0.684. The van der Waals surface area contributed by atoms with Crippen LogP contribution >= 0.6 is 15.9 Å². The number of alkyl halides is 1. The Kier molecular flexibility index (Phi) is 4.30. The Bertz CT molecular complexity index is 137. The van der Waals surface area contributed by atoms with E-state index in [1.54, 1.807) is 0 Å². The first-order valence-corrected chi connectivity index (χ1v) is 5.63. The van der Waals surface area contributed by atoms with Crippen molar-refractivity contribution in [3.8, 4) is 0 Å². The molecule has 1 aliphatic rings. The van der Waals surface area contributed by atoms with Crippen LogP contribution in [-0.4, -0.2) is 29.4 Å². The van der Waals surface area contributed by atoms with Crippen LogP contribution in [-0.2, 0) is 0 Å². The normalized spacial score (nSPS) is 23.8. The van der Waals surface area contributed by atoms with Gasteiger partial charge in [-0.3, -0.25) is 4.90 Å². The number of hydrogen-bond donors (Lipinski definition) is 0.